The van der Waals surface area contributed by atoms with Crippen molar-refractivity contribution in [3.05, 3.63) is 22.9 Å². The molecule has 0 saturated carbocycles. The fourth-order valence-electron chi connectivity index (χ4n) is 3.61. The van der Waals surface area contributed by atoms with Gasteiger partial charge >= 0.3 is 0 Å². The van der Waals surface area contributed by atoms with E-state index < -0.39 is 0 Å². The van der Waals surface area contributed by atoms with Crippen molar-refractivity contribution in [3.63, 3.8) is 0 Å². The van der Waals surface area contributed by atoms with Gasteiger partial charge in [-0.1, -0.05) is 0 Å². The molecule has 0 aromatic rings. The van der Waals surface area contributed by atoms with Crippen LogP contribution in [-0.4, -0.2) is 54.6 Å². The van der Waals surface area contributed by atoms with E-state index in [2.05, 4.69) is 27.5 Å². The summed E-state index contributed by atoms with van der Waals surface area (Å²) in [6, 6.07) is 0.588. The van der Waals surface area contributed by atoms with Crippen molar-refractivity contribution in [1.29, 1.82) is 0 Å². The molecule has 0 radical (unpaired) electrons. The molecule has 3 aliphatic heterocycles. The monoisotopic (exact) mass is 271 g/mol. The average Bonchev–Trinajstić information content (AvgIpc) is 2.78. The molecule has 1 fully saturated rings. The van der Waals surface area contributed by atoms with E-state index in [1.807, 2.05) is 12.4 Å². The number of hydrazone groups is 2. The minimum absolute atomic E-state index is 0.588. The highest BCUT2D eigenvalue weighted by atomic mass is 15.5. The minimum Gasteiger partial charge on any atom is -0.306 e. The van der Waals surface area contributed by atoms with Gasteiger partial charge in [0.2, 0.25) is 0 Å². The Balaban J connectivity index is 1.60. The molecule has 4 rings (SSSR count). The van der Waals surface area contributed by atoms with Gasteiger partial charge in [-0.2, -0.15) is 10.2 Å². The van der Waals surface area contributed by atoms with Crippen molar-refractivity contribution < 1.29 is 0 Å². The first kappa shape index (κ1) is 12.1. The van der Waals surface area contributed by atoms with Crippen molar-refractivity contribution in [2.24, 2.45) is 10.2 Å². The summed E-state index contributed by atoms with van der Waals surface area (Å²) < 4.78 is 0. The number of nitrogens with zero attached hydrogens (tertiary/aromatic N) is 4. The van der Waals surface area contributed by atoms with Crippen LogP contribution in [0.25, 0.3) is 0 Å². The summed E-state index contributed by atoms with van der Waals surface area (Å²) in [6.45, 7) is 3.34. The van der Waals surface area contributed by atoms with Crippen molar-refractivity contribution in [3.8, 4) is 0 Å². The lowest BCUT2D eigenvalue weighted by Crippen LogP contribution is -2.41. The standard InChI is InChI=1S/C15H21N5/c1-19-6-4-13(5-7-19)20-10-11-2-3-14-15(11)12(9-17-20)8-16-18-14/h8-9,13,16H,2-7,10H2,1H3. The summed E-state index contributed by atoms with van der Waals surface area (Å²) in [5, 5.41) is 11.5. The summed E-state index contributed by atoms with van der Waals surface area (Å²) in [6.07, 6.45) is 8.65. The third kappa shape index (κ3) is 1.97. The first-order chi connectivity index (χ1) is 9.81. The third-order valence-corrected chi connectivity index (χ3v) is 4.82. The molecule has 0 aromatic heterocycles. The van der Waals surface area contributed by atoms with E-state index in [4.69, 9.17) is 5.10 Å². The average molecular weight is 271 g/mol. The van der Waals surface area contributed by atoms with Gasteiger partial charge in [-0.25, -0.2) is 0 Å². The molecule has 0 bridgehead atoms. The Labute approximate surface area is 119 Å². The fraction of sp³-hybridized carbons (Fsp3) is 0.600. The molecule has 0 unspecified atom stereocenters. The number of nitrogens with one attached hydrogen (secondary N) is 1. The van der Waals surface area contributed by atoms with Crippen molar-refractivity contribution in [2.75, 3.05) is 26.7 Å². The Morgan fingerprint density at radius 2 is 2.10 bits per heavy atom. The Kier molecular flexibility index (Phi) is 2.88. The van der Waals surface area contributed by atoms with E-state index >= 15 is 0 Å². The van der Waals surface area contributed by atoms with Gasteiger partial charge in [0.25, 0.3) is 0 Å². The minimum atomic E-state index is 0.588. The van der Waals surface area contributed by atoms with Crippen LogP contribution >= 0.6 is 0 Å². The molecule has 0 spiro atoms. The van der Waals surface area contributed by atoms with Crippen LogP contribution in [-0.2, 0) is 0 Å². The molecule has 0 amide bonds. The van der Waals surface area contributed by atoms with Crippen LogP contribution in [0, 0.1) is 0 Å². The summed E-state index contributed by atoms with van der Waals surface area (Å²) in [7, 11) is 2.21. The van der Waals surface area contributed by atoms with Gasteiger partial charge < -0.3 is 4.90 Å². The molecular formula is C15H21N5. The van der Waals surface area contributed by atoms with E-state index in [1.165, 1.54) is 48.4 Å². The maximum absolute atomic E-state index is 4.76. The molecule has 106 valence electrons. The second-order valence-corrected chi connectivity index (χ2v) is 6.14. The zero-order chi connectivity index (χ0) is 13.5. The van der Waals surface area contributed by atoms with Gasteiger partial charge in [0.05, 0.1) is 18.5 Å². The van der Waals surface area contributed by atoms with E-state index in [-0.39, 0.29) is 0 Å². The Hall–Kier alpha value is -1.62. The molecule has 1 saturated heterocycles. The first-order valence-electron chi connectivity index (χ1n) is 7.55. The smallest absolute Gasteiger partial charge is 0.0689 e. The number of hydrogen-bond donors (Lipinski definition) is 1. The van der Waals surface area contributed by atoms with E-state index in [0.29, 0.717) is 6.04 Å². The summed E-state index contributed by atoms with van der Waals surface area (Å²) in [5.74, 6) is 0. The number of rotatable bonds is 1. The van der Waals surface area contributed by atoms with Crippen molar-refractivity contribution in [2.45, 2.75) is 31.7 Å². The summed E-state index contributed by atoms with van der Waals surface area (Å²) in [4.78, 5) is 2.41. The van der Waals surface area contributed by atoms with Crippen LogP contribution in [0.3, 0.4) is 0 Å². The highest BCUT2D eigenvalue weighted by Crippen LogP contribution is 2.33. The molecule has 5 heteroatoms. The number of piperidine rings is 1. The molecule has 0 aromatic carbocycles. The topological polar surface area (TPSA) is 43.2 Å². The molecule has 1 N–H and O–H groups in total. The van der Waals surface area contributed by atoms with Crippen LogP contribution in [0.2, 0.25) is 0 Å². The van der Waals surface area contributed by atoms with Crippen LogP contribution < -0.4 is 5.43 Å². The van der Waals surface area contributed by atoms with Crippen LogP contribution in [0.15, 0.2) is 33.1 Å². The van der Waals surface area contributed by atoms with Crippen LogP contribution in [0.1, 0.15) is 25.7 Å². The predicted octanol–water partition coefficient (Wildman–Crippen LogP) is 1.32. The quantitative estimate of drug-likeness (QED) is 0.782. The van der Waals surface area contributed by atoms with Gasteiger partial charge in [-0.05, 0) is 51.4 Å². The van der Waals surface area contributed by atoms with Crippen molar-refractivity contribution >= 4 is 11.9 Å². The van der Waals surface area contributed by atoms with E-state index in [1.54, 1.807) is 0 Å². The van der Waals surface area contributed by atoms with Gasteiger partial charge in [0, 0.05) is 23.4 Å². The molecule has 5 nitrogen and oxygen atoms in total. The lowest BCUT2D eigenvalue weighted by atomic mass is 10.0. The maximum atomic E-state index is 4.76. The first-order valence-corrected chi connectivity index (χ1v) is 7.55. The fourth-order valence-corrected chi connectivity index (χ4v) is 3.61. The molecule has 0 atom stereocenters. The van der Waals surface area contributed by atoms with Gasteiger partial charge in [-0.15, -0.1) is 0 Å². The van der Waals surface area contributed by atoms with Gasteiger partial charge in [-0.3, -0.25) is 10.4 Å². The second kappa shape index (κ2) is 4.74. The van der Waals surface area contributed by atoms with E-state index in [0.717, 1.165) is 19.4 Å². The van der Waals surface area contributed by atoms with Gasteiger partial charge in [0.1, 0.15) is 0 Å². The maximum Gasteiger partial charge on any atom is 0.0689 e. The van der Waals surface area contributed by atoms with Crippen molar-refractivity contribution in [1.82, 2.24) is 15.3 Å². The SMILES string of the molecule is CN1CCC(N2CC3=C4C(=CNN=C4CC3)C=N2)CC1. The number of hydrogen-bond acceptors (Lipinski definition) is 5. The zero-order valence-electron chi connectivity index (χ0n) is 12.0. The number of allylic oxidation sites excluding steroid dienone is 2. The highest BCUT2D eigenvalue weighted by Gasteiger charge is 2.31. The lowest BCUT2D eigenvalue weighted by molar-refractivity contribution is 0.133. The Morgan fingerprint density at radius 1 is 1.25 bits per heavy atom. The third-order valence-electron chi connectivity index (χ3n) is 4.82. The van der Waals surface area contributed by atoms with Crippen LogP contribution in [0.4, 0.5) is 0 Å². The molecular weight excluding hydrogens is 250 g/mol. The zero-order valence-corrected chi connectivity index (χ0v) is 12.0. The van der Waals surface area contributed by atoms with Crippen LogP contribution in [0.5, 0.6) is 0 Å². The van der Waals surface area contributed by atoms with Gasteiger partial charge in [0.15, 0.2) is 0 Å². The lowest BCUT2D eigenvalue weighted by Gasteiger charge is -2.35. The molecule has 20 heavy (non-hydrogen) atoms. The molecule has 3 heterocycles. The summed E-state index contributed by atoms with van der Waals surface area (Å²) in [5.41, 5.74) is 8.32. The largest absolute Gasteiger partial charge is 0.306 e. The molecule has 4 aliphatic rings. The molecule has 1 aliphatic carbocycles. The summed E-state index contributed by atoms with van der Waals surface area (Å²) >= 11 is 0. The normalized spacial score (nSPS) is 26.9. The number of likely N-dealkylation sites (tertiary alicyclic amines) is 1. The Morgan fingerprint density at radius 3 is 2.95 bits per heavy atom. The Bertz CT molecular complexity index is 534. The highest BCUT2D eigenvalue weighted by molar-refractivity contribution is 6.13. The predicted molar refractivity (Wildman–Crippen MR) is 80.6 cm³/mol. The second-order valence-electron chi connectivity index (χ2n) is 6.14. The van der Waals surface area contributed by atoms with E-state index in [9.17, 15) is 0 Å².